The fourth-order valence-corrected chi connectivity index (χ4v) is 3.16. The fourth-order valence-electron chi connectivity index (χ4n) is 3.16. The van der Waals surface area contributed by atoms with E-state index in [1.165, 1.54) is 22.3 Å². The highest BCUT2D eigenvalue weighted by molar-refractivity contribution is 5.89. The summed E-state index contributed by atoms with van der Waals surface area (Å²) in [5, 5.41) is 0. The molecule has 1 fully saturated rings. The second-order valence-electron chi connectivity index (χ2n) is 5.67. The van der Waals surface area contributed by atoms with Gasteiger partial charge in [0.2, 0.25) is 5.91 Å². The number of nitrogens with zero attached hydrogens (tertiary/aromatic N) is 1. The largest absolute Gasteiger partial charge is 0.339 e. The van der Waals surface area contributed by atoms with Crippen LogP contribution >= 0.6 is 0 Å². The first kappa shape index (κ1) is 13.2. The van der Waals surface area contributed by atoms with Crippen molar-refractivity contribution in [1.29, 1.82) is 0 Å². The third kappa shape index (κ3) is 2.55. The number of carbonyl (C=O) groups is 1. The zero-order valence-corrected chi connectivity index (χ0v) is 12.1. The highest BCUT2D eigenvalue weighted by Gasteiger charge is 2.17. The molecule has 0 bridgehead atoms. The minimum atomic E-state index is 0.168. The molecular weight excluding hydrogens is 246 g/mol. The van der Waals surface area contributed by atoms with Gasteiger partial charge in [-0.05, 0) is 54.9 Å². The third-order valence-electron chi connectivity index (χ3n) is 4.41. The molecule has 2 heteroatoms. The number of amides is 1. The van der Waals surface area contributed by atoms with E-state index in [0.29, 0.717) is 0 Å². The normalized spacial score (nSPS) is 18.8. The Kier molecular flexibility index (Phi) is 3.72. The quantitative estimate of drug-likeness (QED) is 0.750. The lowest BCUT2D eigenvalue weighted by molar-refractivity contribution is -0.124. The van der Waals surface area contributed by atoms with Gasteiger partial charge in [0, 0.05) is 19.2 Å². The number of hydrogen-bond donors (Lipinski definition) is 0. The lowest BCUT2D eigenvalue weighted by atomic mass is 9.86. The Hall–Kier alpha value is -1.83. The van der Waals surface area contributed by atoms with Crippen molar-refractivity contribution in [2.45, 2.75) is 32.6 Å². The van der Waals surface area contributed by atoms with Crippen LogP contribution in [0.2, 0.25) is 0 Å². The van der Waals surface area contributed by atoms with Crippen molar-refractivity contribution in [3.8, 4) is 0 Å². The van der Waals surface area contributed by atoms with Crippen LogP contribution in [0.5, 0.6) is 0 Å². The Balaban J connectivity index is 1.79. The molecule has 0 saturated carbocycles. The first-order chi connectivity index (χ1) is 9.75. The van der Waals surface area contributed by atoms with E-state index < -0.39 is 0 Å². The van der Waals surface area contributed by atoms with Gasteiger partial charge in [-0.25, -0.2) is 0 Å². The Morgan fingerprint density at radius 3 is 2.70 bits per heavy atom. The number of aryl methyl sites for hydroxylation is 1. The smallest absolute Gasteiger partial charge is 0.246 e. The van der Waals surface area contributed by atoms with Gasteiger partial charge in [0.1, 0.15) is 0 Å². The maximum atomic E-state index is 12.1. The zero-order valence-electron chi connectivity index (χ0n) is 12.1. The van der Waals surface area contributed by atoms with Gasteiger partial charge >= 0.3 is 0 Å². The standard InChI is InChI=1S/C18H21NO/c1-14-15(8-9-16-6-2-3-7-17(14)16)10-11-18(20)19-12-4-5-13-19/h2-3,6-7,10-11H,4-5,8-9,12-13H2,1H3. The van der Waals surface area contributed by atoms with Crippen molar-refractivity contribution in [3.63, 3.8) is 0 Å². The molecule has 0 N–H and O–H groups in total. The number of hydrogen-bond acceptors (Lipinski definition) is 1. The van der Waals surface area contributed by atoms with Crippen LogP contribution in [-0.4, -0.2) is 23.9 Å². The Bertz CT molecular complexity index is 577. The Labute approximate surface area is 120 Å². The average molecular weight is 267 g/mol. The fraction of sp³-hybridized carbons (Fsp3) is 0.389. The van der Waals surface area contributed by atoms with Crippen LogP contribution in [0, 0.1) is 0 Å². The molecule has 1 aliphatic heterocycles. The molecule has 0 unspecified atom stereocenters. The minimum absolute atomic E-state index is 0.168. The molecule has 2 nitrogen and oxygen atoms in total. The van der Waals surface area contributed by atoms with Crippen molar-refractivity contribution in [2.24, 2.45) is 0 Å². The second-order valence-corrected chi connectivity index (χ2v) is 5.67. The number of rotatable bonds is 2. The first-order valence-electron chi connectivity index (χ1n) is 7.51. The number of fused-ring (bicyclic) bond motifs is 1. The van der Waals surface area contributed by atoms with E-state index in [2.05, 4.69) is 31.2 Å². The number of likely N-dealkylation sites (tertiary alicyclic amines) is 1. The van der Waals surface area contributed by atoms with E-state index in [1.54, 1.807) is 6.08 Å². The van der Waals surface area contributed by atoms with Crippen LogP contribution in [0.3, 0.4) is 0 Å². The number of benzene rings is 1. The highest BCUT2D eigenvalue weighted by Crippen LogP contribution is 2.31. The van der Waals surface area contributed by atoms with E-state index in [-0.39, 0.29) is 5.91 Å². The van der Waals surface area contributed by atoms with Gasteiger partial charge in [0.25, 0.3) is 0 Å². The molecule has 1 heterocycles. The summed E-state index contributed by atoms with van der Waals surface area (Å²) < 4.78 is 0. The molecule has 0 spiro atoms. The monoisotopic (exact) mass is 267 g/mol. The lowest BCUT2D eigenvalue weighted by Crippen LogP contribution is -2.25. The highest BCUT2D eigenvalue weighted by atomic mass is 16.2. The van der Waals surface area contributed by atoms with Crippen molar-refractivity contribution in [3.05, 3.63) is 53.1 Å². The molecule has 2 aliphatic rings. The third-order valence-corrected chi connectivity index (χ3v) is 4.41. The molecule has 3 rings (SSSR count). The molecule has 0 radical (unpaired) electrons. The molecule has 20 heavy (non-hydrogen) atoms. The van der Waals surface area contributed by atoms with Gasteiger partial charge < -0.3 is 4.90 Å². The summed E-state index contributed by atoms with van der Waals surface area (Å²) in [6.45, 7) is 4.01. The summed E-state index contributed by atoms with van der Waals surface area (Å²) in [6.07, 6.45) is 8.20. The van der Waals surface area contributed by atoms with Crippen LogP contribution in [0.15, 0.2) is 42.0 Å². The summed E-state index contributed by atoms with van der Waals surface area (Å²) in [4.78, 5) is 14.0. The molecule has 1 aliphatic carbocycles. The average Bonchev–Trinajstić information content (AvgIpc) is 3.01. The number of carbonyl (C=O) groups excluding carboxylic acids is 1. The molecule has 0 atom stereocenters. The SMILES string of the molecule is CC1=C(C=CC(=O)N2CCCC2)CCc2ccccc21. The molecule has 1 amide bonds. The molecule has 0 aromatic heterocycles. The van der Waals surface area contributed by atoms with Gasteiger partial charge in [0.05, 0.1) is 0 Å². The van der Waals surface area contributed by atoms with Crippen molar-refractivity contribution in [1.82, 2.24) is 4.90 Å². The predicted molar refractivity (Wildman–Crippen MR) is 82.3 cm³/mol. The van der Waals surface area contributed by atoms with Crippen LogP contribution in [0.25, 0.3) is 5.57 Å². The zero-order chi connectivity index (χ0) is 13.9. The van der Waals surface area contributed by atoms with Gasteiger partial charge in [0.15, 0.2) is 0 Å². The molecule has 1 aromatic carbocycles. The van der Waals surface area contributed by atoms with Gasteiger partial charge in [-0.1, -0.05) is 30.3 Å². The lowest BCUT2D eigenvalue weighted by Gasteiger charge is -2.19. The molecule has 1 saturated heterocycles. The van der Waals surface area contributed by atoms with Crippen LogP contribution in [-0.2, 0) is 11.2 Å². The maximum Gasteiger partial charge on any atom is 0.246 e. The van der Waals surface area contributed by atoms with Crippen molar-refractivity contribution in [2.75, 3.05) is 13.1 Å². The van der Waals surface area contributed by atoms with Crippen LogP contribution in [0.4, 0.5) is 0 Å². The van der Waals surface area contributed by atoms with E-state index in [0.717, 1.165) is 38.8 Å². The van der Waals surface area contributed by atoms with E-state index in [4.69, 9.17) is 0 Å². The van der Waals surface area contributed by atoms with Gasteiger partial charge in [-0.15, -0.1) is 0 Å². The molecule has 1 aromatic rings. The van der Waals surface area contributed by atoms with E-state index >= 15 is 0 Å². The summed E-state index contributed by atoms with van der Waals surface area (Å²) in [6, 6.07) is 8.57. The van der Waals surface area contributed by atoms with Crippen LogP contribution in [0.1, 0.15) is 37.3 Å². The summed E-state index contributed by atoms with van der Waals surface area (Å²) in [5.41, 5.74) is 5.38. The first-order valence-corrected chi connectivity index (χ1v) is 7.51. The molecule has 104 valence electrons. The van der Waals surface area contributed by atoms with Crippen molar-refractivity contribution < 1.29 is 4.79 Å². The summed E-state index contributed by atoms with van der Waals surface area (Å²) >= 11 is 0. The molecular formula is C18H21NO. The van der Waals surface area contributed by atoms with Crippen LogP contribution < -0.4 is 0 Å². The topological polar surface area (TPSA) is 20.3 Å². The van der Waals surface area contributed by atoms with Gasteiger partial charge in [-0.3, -0.25) is 4.79 Å². The second kappa shape index (κ2) is 5.66. The van der Waals surface area contributed by atoms with E-state index in [1.807, 2.05) is 11.0 Å². The Morgan fingerprint density at radius 1 is 1.15 bits per heavy atom. The van der Waals surface area contributed by atoms with Crippen molar-refractivity contribution >= 4 is 11.5 Å². The number of allylic oxidation sites excluding steroid dienone is 3. The Morgan fingerprint density at radius 2 is 1.90 bits per heavy atom. The predicted octanol–water partition coefficient (Wildman–Crippen LogP) is 3.58. The minimum Gasteiger partial charge on any atom is -0.339 e. The summed E-state index contributed by atoms with van der Waals surface area (Å²) in [7, 11) is 0. The summed E-state index contributed by atoms with van der Waals surface area (Å²) in [5.74, 6) is 0.168. The van der Waals surface area contributed by atoms with Gasteiger partial charge in [-0.2, -0.15) is 0 Å². The van der Waals surface area contributed by atoms with E-state index in [9.17, 15) is 4.79 Å². The maximum absolute atomic E-state index is 12.1.